The number of aliphatic imine (C=N–C) groups is 1. The fraction of sp³-hybridized carbons (Fsp3) is 0.688. The molecule has 2 N–H and O–H groups in total. The third kappa shape index (κ3) is 6.46. The number of halogens is 1. The highest BCUT2D eigenvalue weighted by atomic mass is 127. The molecule has 9 heteroatoms. The topological polar surface area (TPSA) is 79.9 Å². The van der Waals surface area contributed by atoms with Gasteiger partial charge in [0.05, 0.1) is 6.20 Å². The highest BCUT2D eigenvalue weighted by Gasteiger charge is 2.20. The molecule has 1 aliphatic heterocycles. The standard InChI is InChI=1S/C16H29N7O.HI/c1-13-14(12-19-20-13)11-18-16(17-2)23-9-7-22(8-10-23)6-5-15(24)21(3)4;/h12H,5-11H2,1-4H3,(H,17,18)(H,19,20);1H. The van der Waals surface area contributed by atoms with Gasteiger partial charge in [-0.2, -0.15) is 5.10 Å². The van der Waals surface area contributed by atoms with E-state index >= 15 is 0 Å². The van der Waals surface area contributed by atoms with Gasteiger partial charge in [-0.05, 0) is 6.92 Å². The maximum atomic E-state index is 11.7. The smallest absolute Gasteiger partial charge is 0.223 e. The van der Waals surface area contributed by atoms with Gasteiger partial charge in [0.1, 0.15) is 0 Å². The molecule has 2 rings (SSSR count). The Kier molecular flexibility index (Phi) is 9.19. The Balaban J connectivity index is 0.00000312. The van der Waals surface area contributed by atoms with Crippen LogP contribution in [0.25, 0.3) is 0 Å². The van der Waals surface area contributed by atoms with Crippen molar-refractivity contribution in [3.63, 3.8) is 0 Å². The SMILES string of the molecule is CN=C(NCc1cn[nH]c1C)N1CCN(CCC(=O)N(C)C)CC1.I. The predicted octanol–water partition coefficient (Wildman–Crippen LogP) is 0.507. The molecule has 0 aromatic carbocycles. The molecular formula is C16H30IN7O. The summed E-state index contributed by atoms with van der Waals surface area (Å²) in [7, 11) is 5.42. The molecule has 8 nitrogen and oxygen atoms in total. The number of aromatic amines is 1. The molecule has 1 aliphatic rings. The van der Waals surface area contributed by atoms with Crippen LogP contribution >= 0.6 is 24.0 Å². The van der Waals surface area contributed by atoms with Crippen LogP contribution in [0.4, 0.5) is 0 Å². The monoisotopic (exact) mass is 463 g/mol. The molecule has 0 atom stereocenters. The molecule has 0 radical (unpaired) electrons. The minimum atomic E-state index is 0. The summed E-state index contributed by atoms with van der Waals surface area (Å²) in [6, 6.07) is 0. The predicted molar refractivity (Wildman–Crippen MR) is 110 cm³/mol. The summed E-state index contributed by atoms with van der Waals surface area (Å²) in [6.45, 7) is 7.29. The summed E-state index contributed by atoms with van der Waals surface area (Å²) in [5, 5.41) is 10.4. The quantitative estimate of drug-likeness (QED) is 0.378. The molecule has 1 aromatic heterocycles. The van der Waals surface area contributed by atoms with Crippen molar-refractivity contribution in [3.05, 3.63) is 17.5 Å². The number of amides is 1. The van der Waals surface area contributed by atoms with Crippen LogP contribution in [0, 0.1) is 6.92 Å². The third-order valence-corrected chi connectivity index (χ3v) is 4.40. The second-order valence-electron chi connectivity index (χ2n) is 6.29. The Bertz CT molecular complexity index is 565. The van der Waals surface area contributed by atoms with Crippen molar-refractivity contribution in [3.8, 4) is 0 Å². The van der Waals surface area contributed by atoms with Crippen LogP contribution < -0.4 is 5.32 Å². The van der Waals surface area contributed by atoms with E-state index in [0.29, 0.717) is 13.0 Å². The first-order chi connectivity index (χ1) is 11.5. The number of rotatable bonds is 5. The number of hydrogen-bond acceptors (Lipinski definition) is 4. The fourth-order valence-electron chi connectivity index (χ4n) is 2.72. The average Bonchev–Trinajstić information content (AvgIpc) is 2.99. The minimum Gasteiger partial charge on any atom is -0.352 e. The van der Waals surface area contributed by atoms with Gasteiger partial charge in [0.15, 0.2) is 5.96 Å². The minimum absolute atomic E-state index is 0. The number of aromatic nitrogens is 2. The van der Waals surface area contributed by atoms with E-state index in [4.69, 9.17) is 0 Å². The van der Waals surface area contributed by atoms with Gasteiger partial charge in [0, 0.05) is 78.1 Å². The van der Waals surface area contributed by atoms with Crippen molar-refractivity contribution in [2.24, 2.45) is 4.99 Å². The first-order valence-corrected chi connectivity index (χ1v) is 8.38. The second kappa shape index (κ2) is 10.6. The summed E-state index contributed by atoms with van der Waals surface area (Å²) in [4.78, 5) is 22.3. The van der Waals surface area contributed by atoms with Crippen LogP contribution in [0.2, 0.25) is 0 Å². The first-order valence-electron chi connectivity index (χ1n) is 8.38. The van der Waals surface area contributed by atoms with Crippen molar-refractivity contribution in [1.82, 2.24) is 30.2 Å². The van der Waals surface area contributed by atoms with Crippen LogP contribution in [0.15, 0.2) is 11.2 Å². The van der Waals surface area contributed by atoms with E-state index in [1.165, 1.54) is 0 Å². The zero-order chi connectivity index (χ0) is 17.5. The van der Waals surface area contributed by atoms with Crippen molar-refractivity contribution < 1.29 is 4.79 Å². The molecular weight excluding hydrogens is 433 g/mol. The van der Waals surface area contributed by atoms with E-state index in [1.54, 1.807) is 19.0 Å². The van der Waals surface area contributed by atoms with Gasteiger partial charge in [0.25, 0.3) is 0 Å². The molecule has 1 fully saturated rings. The molecule has 1 aromatic rings. The lowest BCUT2D eigenvalue weighted by Crippen LogP contribution is -2.52. The molecule has 0 saturated carbocycles. The van der Waals surface area contributed by atoms with Crippen LogP contribution in [0.1, 0.15) is 17.7 Å². The molecule has 25 heavy (non-hydrogen) atoms. The maximum absolute atomic E-state index is 11.7. The summed E-state index contributed by atoms with van der Waals surface area (Å²) in [5.41, 5.74) is 2.23. The van der Waals surface area contributed by atoms with Gasteiger partial charge >= 0.3 is 0 Å². The number of carbonyl (C=O) groups excluding carboxylic acids is 1. The third-order valence-electron chi connectivity index (χ3n) is 4.40. The van der Waals surface area contributed by atoms with Gasteiger partial charge in [-0.1, -0.05) is 0 Å². The van der Waals surface area contributed by atoms with Crippen LogP contribution in [0.5, 0.6) is 0 Å². The van der Waals surface area contributed by atoms with Gasteiger partial charge < -0.3 is 15.1 Å². The number of piperazine rings is 1. The molecule has 2 heterocycles. The van der Waals surface area contributed by atoms with Crippen molar-refractivity contribution in [1.29, 1.82) is 0 Å². The van der Waals surface area contributed by atoms with Gasteiger partial charge in [-0.25, -0.2) is 0 Å². The lowest BCUT2D eigenvalue weighted by atomic mass is 10.2. The Morgan fingerprint density at radius 2 is 2.04 bits per heavy atom. The molecule has 142 valence electrons. The molecule has 0 spiro atoms. The molecule has 0 aliphatic carbocycles. The van der Waals surface area contributed by atoms with Crippen molar-refractivity contribution in [2.75, 3.05) is 53.9 Å². The van der Waals surface area contributed by atoms with E-state index in [0.717, 1.165) is 49.9 Å². The number of H-pyrrole nitrogens is 1. The Morgan fingerprint density at radius 3 is 2.56 bits per heavy atom. The normalized spacial score (nSPS) is 15.7. The van der Waals surface area contributed by atoms with Gasteiger partial charge in [-0.15, -0.1) is 24.0 Å². The Labute approximate surface area is 167 Å². The summed E-state index contributed by atoms with van der Waals surface area (Å²) in [6.07, 6.45) is 2.43. The average molecular weight is 463 g/mol. The lowest BCUT2D eigenvalue weighted by molar-refractivity contribution is -0.129. The number of carbonyl (C=O) groups is 1. The number of nitrogens with zero attached hydrogens (tertiary/aromatic N) is 5. The first kappa shape index (κ1) is 21.7. The summed E-state index contributed by atoms with van der Waals surface area (Å²) >= 11 is 0. The molecule has 1 amide bonds. The second-order valence-corrected chi connectivity index (χ2v) is 6.29. The molecule has 0 bridgehead atoms. The maximum Gasteiger partial charge on any atom is 0.223 e. The number of nitrogens with one attached hydrogen (secondary N) is 2. The van der Waals surface area contributed by atoms with E-state index in [9.17, 15) is 4.79 Å². The highest BCUT2D eigenvalue weighted by Crippen LogP contribution is 2.06. The zero-order valence-corrected chi connectivity index (χ0v) is 17.9. The fourth-order valence-corrected chi connectivity index (χ4v) is 2.72. The summed E-state index contributed by atoms with van der Waals surface area (Å²) < 4.78 is 0. The van der Waals surface area contributed by atoms with Crippen molar-refractivity contribution in [2.45, 2.75) is 19.9 Å². The number of guanidine groups is 1. The number of hydrogen-bond donors (Lipinski definition) is 2. The summed E-state index contributed by atoms with van der Waals surface area (Å²) in [5.74, 6) is 1.10. The van der Waals surface area contributed by atoms with Crippen LogP contribution in [-0.2, 0) is 11.3 Å². The van der Waals surface area contributed by atoms with E-state index in [1.807, 2.05) is 20.2 Å². The highest BCUT2D eigenvalue weighted by molar-refractivity contribution is 14.0. The molecule has 1 saturated heterocycles. The van der Waals surface area contributed by atoms with E-state index in [-0.39, 0.29) is 29.9 Å². The number of aryl methyl sites for hydroxylation is 1. The van der Waals surface area contributed by atoms with E-state index in [2.05, 4.69) is 30.3 Å². The van der Waals surface area contributed by atoms with Gasteiger partial charge in [-0.3, -0.25) is 19.8 Å². The Morgan fingerprint density at radius 1 is 1.36 bits per heavy atom. The largest absolute Gasteiger partial charge is 0.352 e. The zero-order valence-electron chi connectivity index (χ0n) is 15.6. The lowest BCUT2D eigenvalue weighted by Gasteiger charge is -2.36. The van der Waals surface area contributed by atoms with Crippen molar-refractivity contribution >= 4 is 35.8 Å². The van der Waals surface area contributed by atoms with E-state index < -0.39 is 0 Å². The van der Waals surface area contributed by atoms with Crippen LogP contribution in [-0.4, -0.2) is 90.6 Å². The molecule has 0 unspecified atom stereocenters. The Hall–Kier alpha value is -1.36. The van der Waals surface area contributed by atoms with Gasteiger partial charge in [0.2, 0.25) is 5.91 Å². The van der Waals surface area contributed by atoms with Crippen LogP contribution in [0.3, 0.4) is 0 Å².